The second kappa shape index (κ2) is 24.1. The maximum Gasteiger partial charge on any atom is 0.0713 e. The summed E-state index contributed by atoms with van der Waals surface area (Å²) in [6.45, 7) is 14.0. The minimum Gasteiger partial charge on any atom is -0.310 e. The highest BCUT2D eigenvalue weighted by Crippen LogP contribution is 2.60. The molecule has 1 heteroatoms. The van der Waals surface area contributed by atoms with Crippen LogP contribution in [-0.4, -0.2) is 0 Å². The van der Waals surface area contributed by atoms with E-state index in [4.69, 9.17) is 0 Å². The fourth-order valence-electron chi connectivity index (χ4n) is 18.0. The Labute approximate surface area is 557 Å². The molecule has 0 saturated heterocycles. The molecule has 0 aromatic heterocycles. The molecule has 0 heterocycles. The molecule has 462 valence electrons. The number of hydrogen-bond acceptors (Lipinski definition) is 1. The standard InChI is InChI=1S/C93H85N/c1-7-11-51-91(52-12-8-2)85-55-62(5)37-46-74(85)76-48-44-71(60-87(76)91)94(72-45-49-77-75-47-38-63(6)56-86(75)92(53-13-9-3,54-14-10-4)88(77)61-72)70-43-41-64-57-66(40-39-65(64)58-70)89-78-32-21-23-34-80(78)90(81-35-24-22-33-79(81)89)67-42-50-84-82(59-67)73-31-25-26-36-83(73)93(84,68-27-17-15-18-28-68)69-29-19-16-20-30-69/h15-50,55-61H,7-14,51-54H2,1-6H3. The zero-order valence-electron chi connectivity index (χ0n) is 55.8. The van der Waals surface area contributed by atoms with Gasteiger partial charge >= 0.3 is 0 Å². The maximum absolute atomic E-state index is 2.64. The minimum atomic E-state index is -0.456. The lowest BCUT2D eigenvalue weighted by Crippen LogP contribution is -2.28. The minimum absolute atomic E-state index is 0.0465. The van der Waals surface area contributed by atoms with E-state index in [1.54, 1.807) is 0 Å². The van der Waals surface area contributed by atoms with Gasteiger partial charge in [0.15, 0.2) is 0 Å². The first-order valence-corrected chi connectivity index (χ1v) is 35.4. The van der Waals surface area contributed by atoms with Crippen LogP contribution in [0.5, 0.6) is 0 Å². The molecule has 0 N–H and O–H groups in total. The fourth-order valence-corrected chi connectivity index (χ4v) is 18.0. The molecule has 0 unspecified atom stereocenters. The first kappa shape index (κ1) is 59.5. The predicted molar refractivity (Wildman–Crippen MR) is 402 cm³/mol. The van der Waals surface area contributed by atoms with Crippen LogP contribution in [0.1, 0.15) is 160 Å². The van der Waals surface area contributed by atoms with E-state index < -0.39 is 5.41 Å². The van der Waals surface area contributed by atoms with Crippen LogP contribution in [0.2, 0.25) is 0 Å². The van der Waals surface area contributed by atoms with Crippen LogP contribution in [0.4, 0.5) is 17.1 Å². The fraction of sp³-hybridized carbons (Fsp3) is 0.226. The topological polar surface area (TPSA) is 3.24 Å². The van der Waals surface area contributed by atoms with Gasteiger partial charge in [-0.2, -0.15) is 0 Å². The third kappa shape index (κ3) is 9.30. The highest BCUT2D eigenvalue weighted by molar-refractivity contribution is 6.22. The largest absolute Gasteiger partial charge is 0.310 e. The molecule has 13 aromatic rings. The molecule has 94 heavy (non-hydrogen) atoms. The molecule has 0 spiro atoms. The summed E-state index contributed by atoms with van der Waals surface area (Å²) >= 11 is 0. The van der Waals surface area contributed by atoms with Crippen LogP contribution in [0.3, 0.4) is 0 Å². The molecule has 0 bridgehead atoms. The van der Waals surface area contributed by atoms with E-state index >= 15 is 0 Å². The summed E-state index contributed by atoms with van der Waals surface area (Å²) in [5, 5.41) is 7.49. The summed E-state index contributed by atoms with van der Waals surface area (Å²) in [5.74, 6) is 0. The van der Waals surface area contributed by atoms with Gasteiger partial charge in [0.1, 0.15) is 0 Å². The number of aryl methyl sites for hydroxylation is 2. The van der Waals surface area contributed by atoms with Crippen molar-refractivity contribution in [1.29, 1.82) is 0 Å². The second-order valence-corrected chi connectivity index (χ2v) is 27.8. The van der Waals surface area contributed by atoms with Crippen molar-refractivity contribution in [3.05, 3.63) is 316 Å². The van der Waals surface area contributed by atoms with Crippen LogP contribution in [0.15, 0.2) is 261 Å². The zero-order valence-corrected chi connectivity index (χ0v) is 55.8. The summed E-state index contributed by atoms with van der Waals surface area (Å²) < 4.78 is 0. The number of nitrogens with zero attached hydrogens (tertiary/aromatic N) is 1. The molecule has 1 nitrogen and oxygen atoms in total. The van der Waals surface area contributed by atoms with Crippen molar-refractivity contribution < 1.29 is 0 Å². The molecule has 0 aliphatic heterocycles. The van der Waals surface area contributed by atoms with Crippen molar-refractivity contribution in [3.8, 4) is 55.6 Å². The average molecular weight is 1220 g/mol. The van der Waals surface area contributed by atoms with Crippen molar-refractivity contribution in [2.45, 2.75) is 135 Å². The lowest BCUT2D eigenvalue weighted by atomic mass is 9.67. The molecule has 3 aliphatic carbocycles. The number of benzene rings is 13. The maximum atomic E-state index is 2.64. The highest BCUT2D eigenvalue weighted by Gasteiger charge is 2.47. The normalized spacial score (nSPS) is 14.2. The SMILES string of the molecule is CCCCC1(CCCC)c2cc(C)ccc2-c2ccc(N(c3ccc4c(c3)C(CCCC)(CCCC)c3cc(C)ccc3-4)c3ccc4cc(-c5c6ccccc6c(-c6ccc7c(c6)-c6ccccc6C7(c6ccccc6)c6ccccc6)c6ccccc56)ccc4c3)cc21. The molecule has 3 aliphatic rings. The quantitative estimate of drug-likeness (QED) is 0.0730. The van der Waals surface area contributed by atoms with Crippen molar-refractivity contribution in [1.82, 2.24) is 0 Å². The number of fused-ring (bicyclic) bond motifs is 12. The van der Waals surface area contributed by atoms with E-state index in [-0.39, 0.29) is 10.8 Å². The van der Waals surface area contributed by atoms with Gasteiger partial charge in [-0.3, -0.25) is 0 Å². The first-order chi connectivity index (χ1) is 46.2. The van der Waals surface area contributed by atoms with E-state index in [1.165, 1.54) is 212 Å². The van der Waals surface area contributed by atoms with E-state index in [9.17, 15) is 0 Å². The lowest BCUT2D eigenvalue weighted by molar-refractivity contribution is 0.414. The van der Waals surface area contributed by atoms with Crippen molar-refractivity contribution >= 4 is 49.4 Å². The van der Waals surface area contributed by atoms with E-state index in [1.807, 2.05) is 0 Å². The summed E-state index contributed by atoms with van der Waals surface area (Å²) in [7, 11) is 0. The molecular formula is C93H85N. The van der Waals surface area contributed by atoms with Gasteiger partial charge in [-0.25, -0.2) is 0 Å². The Hall–Kier alpha value is -9.56. The Morgan fingerprint density at radius 3 is 1.13 bits per heavy atom. The lowest BCUT2D eigenvalue weighted by Gasteiger charge is -2.35. The van der Waals surface area contributed by atoms with Crippen molar-refractivity contribution in [2.75, 3.05) is 4.90 Å². The van der Waals surface area contributed by atoms with Crippen LogP contribution < -0.4 is 4.90 Å². The summed E-state index contributed by atoms with van der Waals surface area (Å²) in [6.07, 6.45) is 14.1. The Morgan fingerprint density at radius 2 is 0.638 bits per heavy atom. The molecular weight excluding hydrogens is 1130 g/mol. The second-order valence-electron chi connectivity index (χ2n) is 27.8. The van der Waals surface area contributed by atoms with Gasteiger partial charge in [0.2, 0.25) is 0 Å². The molecule has 0 saturated carbocycles. The number of hydrogen-bond donors (Lipinski definition) is 0. The van der Waals surface area contributed by atoms with Gasteiger partial charge in [0, 0.05) is 27.9 Å². The zero-order chi connectivity index (χ0) is 63.7. The van der Waals surface area contributed by atoms with E-state index in [0.29, 0.717) is 0 Å². The highest BCUT2D eigenvalue weighted by atomic mass is 15.1. The van der Waals surface area contributed by atoms with E-state index in [2.05, 4.69) is 307 Å². The van der Waals surface area contributed by atoms with Crippen molar-refractivity contribution in [2.24, 2.45) is 0 Å². The van der Waals surface area contributed by atoms with Gasteiger partial charge < -0.3 is 4.90 Å². The molecule has 0 radical (unpaired) electrons. The van der Waals surface area contributed by atoms with Crippen LogP contribution in [0.25, 0.3) is 88.0 Å². The third-order valence-electron chi connectivity index (χ3n) is 22.4. The molecule has 0 amide bonds. The predicted octanol–water partition coefficient (Wildman–Crippen LogP) is 26.2. The first-order valence-electron chi connectivity index (χ1n) is 35.4. The van der Waals surface area contributed by atoms with Gasteiger partial charge in [-0.1, -0.05) is 303 Å². The Balaban J connectivity index is 0.854. The van der Waals surface area contributed by atoms with Gasteiger partial charge in [-0.05, 0) is 221 Å². The van der Waals surface area contributed by atoms with Crippen LogP contribution in [-0.2, 0) is 16.2 Å². The van der Waals surface area contributed by atoms with E-state index in [0.717, 1.165) is 25.7 Å². The molecule has 0 atom stereocenters. The number of rotatable bonds is 19. The van der Waals surface area contributed by atoms with Crippen LogP contribution in [0, 0.1) is 13.8 Å². The van der Waals surface area contributed by atoms with Gasteiger partial charge in [0.05, 0.1) is 5.41 Å². The summed E-state index contributed by atoms with van der Waals surface area (Å²) in [6, 6.07) is 101. The molecule has 13 aromatic carbocycles. The van der Waals surface area contributed by atoms with Gasteiger partial charge in [0.25, 0.3) is 0 Å². The summed E-state index contributed by atoms with van der Waals surface area (Å²) in [5.41, 5.74) is 30.3. The molecule has 0 fully saturated rings. The van der Waals surface area contributed by atoms with Crippen molar-refractivity contribution in [3.63, 3.8) is 0 Å². The Bertz CT molecular complexity index is 4820. The Kier molecular flexibility index (Phi) is 15.2. The summed E-state index contributed by atoms with van der Waals surface area (Å²) in [4.78, 5) is 2.63. The monoisotopic (exact) mass is 1220 g/mol. The van der Waals surface area contributed by atoms with Crippen LogP contribution >= 0.6 is 0 Å². The smallest absolute Gasteiger partial charge is 0.0713 e. The molecule has 16 rings (SSSR count). The third-order valence-corrected chi connectivity index (χ3v) is 22.4. The number of anilines is 3. The average Bonchev–Trinajstić information content (AvgIpc) is 1.50. The van der Waals surface area contributed by atoms with Gasteiger partial charge in [-0.15, -0.1) is 0 Å². The number of unbranched alkanes of at least 4 members (excludes halogenated alkanes) is 4. The Morgan fingerprint density at radius 1 is 0.277 bits per heavy atom.